The topological polar surface area (TPSA) is 16.1 Å². The molecule has 18 heavy (non-hydrogen) atoms. The Morgan fingerprint density at radius 1 is 1.28 bits per heavy atom. The van der Waals surface area contributed by atoms with Crippen LogP contribution < -0.4 is 4.90 Å². The first kappa shape index (κ1) is 13.4. The lowest BCUT2D eigenvalue weighted by Gasteiger charge is -2.21. The number of anilines is 1. The van der Waals surface area contributed by atoms with E-state index < -0.39 is 0 Å². The smallest absolute Gasteiger partial charge is 0.131 e. The number of hydrogen-bond acceptors (Lipinski definition) is 2. The zero-order valence-corrected chi connectivity index (χ0v) is 12.4. The molecule has 0 N–H and O–H groups in total. The van der Waals surface area contributed by atoms with Crippen molar-refractivity contribution in [2.24, 2.45) is 11.8 Å². The molecule has 2 heteroatoms. The van der Waals surface area contributed by atoms with E-state index in [1.54, 1.807) is 0 Å². The second kappa shape index (κ2) is 5.29. The Labute approximate surface area is 111 Å². The van der Waals surface area contributed by atoms with Gasteiger partial charge in [0.2, 0.25) is 0 Å². The molecule has 1 aliphatic rings. The third-order valence-corrected chi connectivity index (χ3v) is 4.21. The minimum absolute atomic E-state index is 0.562. The van der Waals surface area contributed by atoms with E-state index >= 15 is 0 Å². The van der Waals surface area contributed by atoms with Crippen LogP contribution in [0.15, 0.2) is 12.3 Å². The Morgan fingerprint density at radius 3 is 2.50 bits per heavy atom. The van der Waals surface area contributed by atoms with Crippen molar-refractivity contribution in [3.8, 4) is 0 Å². The molecule has 1 aliphatic heterocycles. The van der Waals surface area contributed by atoms with Crippen LogP contribution in [0.4, 0.5) is 5.82 Å². The van der Waals surface area contributed by atoms with E-state index in [9.17, 15) is 0 Å². The average Bonchev–Trinajstić information content (AvgIpc) is 2.78. The van der Waals surface area contributed by atoms with E-state index in [-0.39, 0.29) is 0 Å². The molecule has 0 bridgehead atoms. The number of rotatable bonds is 3. The van der Waals surface area contributed by atoms with Gasteiger partial charge in [-0.05, 0) is 42.2 Å². The minimum atomic E-state index is 0.562. The number of aromatic nitrogens is 1. The highest BCUT2D eigenvalue weighted by Crippen LogP contribution is 2.29. The van der Waals surface area contributed by atoms with Crippen LogP contribution >= 0.6 is 0 Å². The van der Waals surface area contributed by atoms with E-state index in [1.165, 1.54) is 29.9 Å². The predicted molar refractivity (Wildman–Crippen MR) is 78.2 cm³/mol. The maximum absolute atomic E-state index is 4.70. The van der Waals surface area contributed by atoms with Gasteiger partial charge in [-0.2, -0.15) is 0 Å². The zero-order chi connectivity index (χ0) is 13.3. The SMILES string of the molecule is Cc1cc(C(C)C)cnc1N1CCC(C(C)C)C1. The maximum Gasteiger partial charge on any atom is 0.131 e. The van der Waals surface area contributed by atoms with Gasteiger partial charge in [0.05, 0.1) is 0 Å². The molecule has 2 heterocycles. The maximum atomic E-state index is 4.70. The van der Waals surface area contributed by atoms with Crippen LogP contribution in [0.25, 0.3) is 0 Å². The first-order valence-electron chi connectivity index (χ1n) is 7.20. The molecule has 0 aromatic carbocycles. The van der Waals surface area contributed by atoms with Gasteiger partial charge in [-0.15, -0.1) is 0 Å². The fourth-order valence-electron chi connectivity index (χ4n) is 2.76. The second-order valence-electron chi connectivity index (χ2n) is 6.30. The summed E-state index contributed by atoms with van der Waals surface area (Å²) in [6.45, 7) is 13.6. The molecule has 1 aromatic rings. The van der Waals surface area contributed by atoms with E-state index in [2.05, 4.69) is 51.8 Å². The van der Waals surface area contributed by atoms with Crippen LogP contribution in [0.1, 0.15) is 51.2 Å². The largest absolute Gasteiger partial charge is 0.356 e. The summed E-state index contributed by atoms with van der Waals surface area (Å²) in [5, 5.41) is 0. The normalized spacial score (nSPS) is 20.2. The molecular formula is C16H26N2. The Balaban J connectivity index is 2.15. The van der Waals surface area contributed by atoms with Crippen LogP contribution in [0.2, 0.25) is 0 Å². The molecule has 0 radical (unpaired) electrons. The minimum Gasteiger partial charge on any atom is -0.356 e. The van der Waals surface area contributed by atoms with Crippen molar-refractivity contribution < 1.29 is 0 Å². The van der Waals surface area contributed by atoms with Crippen LogP contribution in [0.5, 0.6) is 0 Å². The average molecular weight is 246 g/mol. The molecule has 0 amide bonds. The lowest BCUT2D eigenvalue weighted by molar-refractivity contribution is 0.422. The molecule has 0 saturated carbocycles. The van der Waals surface area contributed by atoms with Crippen molar-refractivity contribution in [3.05, 3.63) is 23.4 Å². The van der Waals surface area contributed by atoms with E-state index in [1.807, 2.05) is 0 Å². The van der Waals surface area contributed by atoms with Crippen molar-refractivity contribution in [3.63, 3.8) is 0 Å². The van der Waals surface area contributed by atoms with E-state index in [4.69, 9.17) is 4.98 Å². The van der Waals surface area contributed by atoms with E-state index in [0.717, 1.165) is 18.4 Å². The summed E-state index contributed by atoms with van der Waals surface area (Å²) in [7, 11) is 0. The van der Waals surface area contributed by atoms with Crippen molar-refractivity contribution in [2.45, 2.75) is 47.0 Å². The Bertz CT molecular complexity index is 410. The number of pyridine rings is 1. The number of hydrogen-bond donors (Lipinski definition) is 0. The summed E-state index contributed by atoms with van der Waals surface area (Å²) in [6, 6.07) is 2.30. The summed E-state index contributed by atoms with van der Waals surface area (Å²) in [5.74, 6) is 3.37. The molecule has 2 rings (SSSR count). The van der Waals surface area contributed by atoms with Crippen LogP contribution in [0, 0.1) is 18.8 Å². The van der Waals surface area contributed by atoms with Gasteiger partial charge in [0.1, 0.15) is 5.82 Å². The molecule has 0 spiro atoms. The quantitative estimate of drug-likeness (QED) is 0.801. The lowest BCUT2D eigenvalue weighted by Crippen LogP contribution is -2.23. The third kappa shape index (κ3) is 2.68. The molecule has 1 saturated heterocycles. The van der Waals surface area contributed by atoms with Crippen molar-refractivity contribution in [1.82, 2.24) is 4.98 Å². The van der Waals surface area contributed by atoms with Gasteiger partial charge in [-0.25, -0.2) is 4.98 Å². The fraction of sp³-hybridized carbons (Fsp3) is 0.688. The molecule has 1 aromatic heterocycles. The summed E-state index contributed by atoms with van der Waals surface area (Å²) < 4.78 is 0. The fourth-order valence-corrected chi connectivity index (χ4v) is 2.76. The van der Waals surface area contributed by atoms with Crippen LogP contribution in [-0.4, -0.2) is 18.1 Å². The lowest BCUT2D eigenvalue weighted by atomic mass is 9.95. The molecule has 1 atom stereocenters. The third-order valence-electron chi connectivity index (χ3n) is 4.21. The Kier molecular flexibility index (Phi) is 3.94. The second-order valence-corrected chi connectivity index (χ2v) is 6.30. The predicted octanol–water partition coefficient (Wildman–Crippen LogP) is 4.00. The Hall–Kier alpha value is -1.05. The van der Waals surface area contributed by atoms with Crippen LogP contribution in [-0.2, 0) is 0 Å². The summed E-state index contributed by atoms with van der Waals surface area (Å²) in [5.41, 5.74) is 2.67. The van der Waals surface area contributed by atoms with Gasteiger partial charge < -0.3 is 4.90 Å². The highest BCUT2D eigenvalue weighted by Gasteiger charge is 2.26. The highest BCUT2D eigenvalue weighted by atomic mass is 15.2. The standard InChI is InChI=1S/C16H26N2/c1-11(2)14-6-7-18(10-14)16-13(5)8-15(9-17-16)12(3)4/h8-9,11-12,14H,6-7,10H2,1-5H3. The van der Waals surface area contributed by atoms with Gasteiger partial charge in [-0.1, -0.05) is 33.8 Å². The summed E-state index contributed by atoms with van der Waals surface area (Å²) in [4.78, 5) is 7.16. The first-order chi connectivity index (χ1) is 8.49. The zero-order valence-electron chi connectivity index (χ0n) is 12.4. The van der Waals surface area contributed by atoms with Crippen molar-refractivity contribution >= 4 is 5.82 Å². The van der Waals surface area contributed by atoms with Gasteiger partial charge in [0, 0.05) is 19.3 Å². The monoisotopic (exact) mass is 246 g/mol. The van der Waals surface area contributed by atoms with E-state index in [0.29, 0.717) is 5.92 Å². The molecule has 1 fully saturated rings. The van der Waals surface area contributed by atoms with Crippen molar-refractivity contribution in [2.75, 3.05) is 18.0 Å². The Morgan fingerprint density at radius 2 is 2.00 bits per heavy atom. The molecule has 100 valence electrons. The molecule has 1 unspecified atom stereocenters. The highest BCUT2D eigenvalue weighted by molar-refractivity contribution is 5.48. The van der Waals surface area contributed by atoms with Crippen LogP contribution in [0.3, 0.4) is 0 Å². The molecule has 2 nitrogen and oxygen atoms in total. The number of aryl methyl sites for hydroxylation is 1. The van der Waals surface area contributed by atoms with Crippen molar-refractivity contribution in [1.29, 1.82) is 0 Å². The molecule has 0 aliphatic carbocycles. The summed E-state index contributed by atoms with van der Waals surface area (Å²) in [6.07, 6.45) is 3.36. The summed E-state index contributed by atoms with van der Waals surface area (Å²) >= 11 is 0. The van der Waals surface area contributed by atoms with Gasteiger partial charge in [0.15, 0.2) is 0 Å². The van der Waals surface area contributed by atoms with Gasteiger partial charge in [0.25, 0.3) is 0 Å². The van der Waals surface area contributed by atoms with Gasteiger partial charge >= 0.3 is 0 Å². The molecular weight excluding hydrogens is 220 g/mol. The van der Waals surface area contributed by atoms with Gasteiger partial charge in [-0.3, -0.25) is 0 Å². The first-order valence-corrected chi connectivity index (χ1v) is 7.20. The number of nitrogens with zero attached hydrogens (tertiary/aromatic N) is 2.